The van der Waals surface area contributed by atoms with Gasteiger partial charge in [0.15, 0.2) is 0 Å². The third kappa shape index (κ3) is 1.79. The first-order chi connectivity index (χ1) is 5.86. The third-order valence-corrected chi connectivity index (χ3v) is 3.10. The highest BCUT2D eigenvalue weighted by Crippen LogP contribution is 2.15. The fourth-order valence-electron chi connectivity index (χ4n) is 2.20. The van der Waals surface area contributed by atoms with Gasteiger partial charge in [0.05, 0.1) is 0 Å². The molecule has 2 aliphatic heterocycles. The zero-order valence-corrected chi connectivity index (χ0v) is 7.92. The second-order valence-corrected chi connectivity index (χ2v) is 4.00. The Morgan fingerprint density at radius 3 is 2.50 bits per heavy atom. The van der Waals surface area contributed by atoms with Gasteiger partial charge in [0.2, 0.25) is 0 Å². The molecular formula is C9H19N3. The molecule has 3 nitrogen and oxygen atoms in total. The lowest BCUT2D eigenvalue weighted by atomic mass is 10.0. The van der Waals surface area contributed by atoms with Crippen molar-refractivity contribution in [1.82, 2.24) is 15.1 Å². The molecular weight excluding hydrogens is 150 g/mol. The van der Waals surface area contributed by atoms with E-state index in [4.69, 9.17) is 0 Å². The normalized spacial score (nSPS) is 29.8. The summed E-state index contributed by atoms with van der Waals surface area (Å²) in [5, 5.41) is 3.39. The van der Waals surface area contributed by atoms with Gasteiger partial charge in [0.1, 0.15) is 0 Å². The van der Waals surface area contributed by atoms with Gasteiger partial charge in [-0.15, -0.1) is 0 Å². The summed E-state index contributed by atoms with van der Waals surface area (Å²) in [4.78, 5) is 5.02. The van der Waals surface area contributed by atoms with Crippen LogP contribution < -0.4 is 5.32 Å². The molecule has 2 aliphatic rings. The minimum atomic E-state index is 0.858. The first-order valence-electron chi connectivity index (χ1n) is 4.99. The van der Waals surface area contributed by atoms with E-state index in [1.54, 1.807) is 0 Å². The number of piperidine rings is 1. The molecule has 0 bridgehead atoms. The fraction of sp³-hybridized carbons (Fsp3) is 1.00. The highest BCUT2D eigenvalue weighted by atomic mass is 15.3. The summed E-state index contributed by atoms with van der Waals surface area (Å²) in [5.74, 6) is 0. The Balaban J connectivity index is 1.80. The van der Waals surface area contributed by atoms with Crippen LogP contribution in [0.4, 0.5) is 0 Å². The molecule has 0 aliphatic carbocycles. The van der Waals surface area contributed by atoms with Crippen molar-refractivity contribution >= 4 is 0 Å². The quantitative estimate of drug-likeness (QED) is 0.593. The van der Waals surface area contributed by atoms with Gasteiger partial charge in [-0.25, -0.2) is 0 Å². The van der Waals surface area contributed by atoms with Crippen molar-refractivity contribution in [2.45, 2.75) is 18.9 Å². The summed E-state index contributed by atoms with van der Waals surface area (Å²) in [5.41, 5.74) is 0. The summed E-state index contributed by atoms with van der Waals surface area (Å²) in [7, 11) is 2.22. The van der Waals surface area contributed by atoms with Crippen LogP contribution in [-0.2, 0) is 0 Å². The van der Waals surface area contributed by atoms with Crippen LogP contribution in [0.5, 0.6) is 0 Å². The minimum Gasteiger partial charge on any atom is -0.306 e. The maximum Gasteiger partial charge on any atom is 0.0484 e. The molecule has 2 heterocycles. The Bertz CT molecular complexity index is 135. The lowest BCUT2D eigenvalue weighted by Crippen LogP contribution is -2.43. The Kier molecular flexibility index (Phi) is 2.63. The van der Waals surface area contributed by atoms with Crippen LogP contribution in [0.15, 0.2) is 0 Å². The molecule has 2 fully saturated rings. The molecule has 0 saturated carbocycles. The molecule has 70 valence electrons. The highest BCUT2D eigenvalue weighted by molar-refractivity contribution is 4.80. The maximum absolute atomic E-state index is 3.39. The van der Waals surface area contributed by atoms with E-state index in [1.165, 1.54) is 39.0 Å². The number of rotatable bonds is 1. The predicted molar refractivity (Wildman–Crippen MR) is 50.1 cm³/mol. The molecule has 0 atom stereocenters. The van der Waals surface area contributed by atoms with Gasteiger partial charge in [0, 0.05) is 25.8 Å². The average Bonchev–Trinajstić information content (AvgIpc) is 2.58. The van der Waals surface area contributed by atoms with E-state index in [2.05, 4.69) is 22.2 Å². The van der Waals surface area contributed by atoms with E-state index in [-0.39, 0.29) is 0 Å². The van der Waals surface area contributed by atoms with Crippen molar-refractivity contribution in [3.8, 4) is 0 Å². The largest absolute Gasteiger partial charge is 0.306 e. The summed E-state index contributed by atoms with van der Waals surface area (Å²) < 4.78 is 0. The van der Waals surface area contributed by atoms with Crippen LogP contribution in [0.25, 0.3) is 0 Å². The fourth-order valence-corrected chi connectivity index (χ4v) is 2.20. The molecule has 0 spiro atoms. The van der Waals surface area contributed by atoms with Gasteiger partial charge >= 0.3 is 0 Å². The summed E-state index contributed by atoms with van der Waals surface area (Å²) >= 11 is 0. The van der Waals surface area contributed by atoms with E-state index in [1.807, 2.05) is 0 Å². The SMILES string of the molecule is CN1CCC(N2CCNC2)CC1. The number of nitrogens with one attached hydrogen (secondary N) is 1. The molecule has 0 amide bonds. The van der Waals surface area contributed by atoms with Crippen molar-refractivity contribution in [3.63, 3.8) is 0 Å². The van der Waals surface area contributed by atoms with E-state index >= 15 is 0 Å². The van der Waals surface area contributed by atoms with Gasteiger partial charge in [0.25, 0.3) is 0 Å². The van der Waals surface area contributed by atoms with Gasteiger partial charge in [-0.3, -0.25) is 4.90 Å². The third-order valence-electron chi connectivity index (χ3n) is 3.10. The zero-order chi connectivity index (χ0) is 8.39. The van der Waals surface area contributed by atoms with E-state index < -0.39 is 0 Å². The highest BCUT2D eigenvalue weighted by Gasteiger charge is 2.24. The molecule has 0 aromatic heterocycles. The summed E-state index contributed by atoms with van der Waals surface area (Å²) in [6.45, 7) is 6.12. The number of hydrogen-bond donors (Lipinski definition) is 1. The average molecular weight is 169 g/mol. The first kappa shape index (κ1) is 8.48. The minimum absolute atomic E-state index is 0.858. The molecule has 12 heavy (non-hydrogen) atoms. The van der Waals surface area contributed by atoms with Crippen molar-refractivity contribution in [2.75, 3.05) is 39.9 Å². The molecule has 2 rings (SSSR count). The van der Waals surface area contributed by atoms with Crippen LogP contribution in [0.3, 0.4) is 0 Å². The molecule has 0 unspecified atom stereocenters. The Labute approximate surface area is 74.7 Å². The summed E-state index contributed by atoms with van der Waals surface area (Å²) in [6, 6.07) is 0.858. The Morgan fingerprint density at radius 2 is 1.92 bits per heavy atom. The standard InChI is InChI=1S/C9H19N3/c1-11-5-2-9(3-6-11)12-7-4-10-8-12/h9-10H,2-8H2,1H3. The lowest BCUT2D eigenvalue weighted by molar-refractivity contribution is 0.142. The van der Waals surface area contributed by atoms with Crippen LogP contribution in [0.1, 0.15) is 12.8 Å². The first-order valence-corrected chi connectivity index (χ1v) is 4.99. The second-order valence-electron chi connectivity index (χ2n) is 4.00. The van der Waals surface area contributed by atoms with E-state index in [9.17, 15) is 0 Å². The predicted octanol–water partition coefficient (Wildman–Crippen LogP) is -0.0567. The Hall–Kier alpha value is -0.120. The smallest absolute Gasteiger partial charge is 0.0484 e. The molecule has 1 N–H and O–H groups in total. The van der Waals surface area contributed by atoms with E-state index in [0.29, 0.717) is 0 Å². The van der Waals surface area contributed by atoms with Crippen molar-refractivity contribution in [1.29, 1.82) is 0 Å². The summed E-state index contributed by atoms with van der Waals surface area (Å²) in [6.07, 6.45) is 2.72. The van der Waals surface area contributed by atoms with Gasteiger partial charge in [-0.05, 0) is 33.0 Å². The molecule has 2 saturated heterocycles. The number of nitrogens with zero attached hydrogens (tertiary/aromatic N) is 2. The second kappa shape index (κ2) is 3.73. The molecule has 3 heteroatoms. The van der Waals surface area contributed by atoms with Crippen LogP contribution >= 0.6 is 0 Å². The lowest BCUT2D eigenvalue weighted by Gasteiger charge is -2.34. The van der Waals surface area contributed by atoms with Crippen LogP contribution in [0.2, 0.25) is 0 Å². The van der Waals surface area contributed by atoms with Crippen LogP contribution in [-0.4, -0.2) is 55.7 Å². The Morgan fingerprint density at radius 1 is 1.17 bits per heavy atom. The van der Waals surface area contributed by atoms with Gasteiger partial charge in [-0.1, -0.05) is 0 Å². The van der Waals surface area contributed by atoms with Crippen molar-refractivity contribution < 1.29 is 0 Å². The van der Waals surface area contributed by atoms with Gasteiger partial charge in [-0.2, -0.15) is 0 Å². The van der Waals surface area contributed by atoms with Crippen LogP contribution in [0, 0.1) is 0 Å². The molecule has 0 aromatic rings. The van der Waals surface area contributed by atoms with Crippen molar-refractivity contribution in [3.05, 3.63) is 0 Å². The molecule has 0 radical (unpaired) electrons. The van der Waals surface area contributed by atoms with Crippen molar-refractivity contribution in [2.24, 2.45) is 0 Å². The monoisotopic (exact) mass is 169 g/mol. The molecule has 0 aromatic carbocycles. The number of hydrogen-bond acceptors (Lipinski definition) is 3. The van der Waals surface area contributed by atoms with E-state index in [0.717, 1.165) is 12.7 Å². The van der Waals surface area contributed by atoms with Gasteiger partial charge < -0.3 is 10.2 Å². The number of likely N-dealkylation sites (tertiary alicyclic amines) is 1. The zero-order valence-electron chi connectivity index (χ0n) is 7.92. The topological polar surface area (TPSA) is 18.5 Å². The maximum atomic E-state index is 3.39.